The first-order chi connectivity index (χ1) is 8.65. The predicted molar refractivity (Wildman–Crippen MR) is 79.4 cm³/mol. The van der Waals surface area contributed by atoms with Gasteiger partial charge in [0.2, 0.25) is 0 Å². The fourth-order valence-corrected chi connectivity index (χ4v) is 3.12. The van der Waals surface area contributed by atoms with Gasteiger partial charge in [-0.05, 0) is 44.3 Å². The summed E-state index contributed by atoms with van der Waals surface area (Å²) in [7, 11) is 1.64. The second kappa shape index (κ2) is 9.03. The van der Waals surface area contributed by atoms with Crippen LogP contribution in [0.2, 0.25) is 0 Å². The molecule has 7 heteroatoms. The number of halogens is 2. The van der Waals surface area contributed by atoms with Crippen molar-refractivity contribution in [2.24, 2.45) is 0 Å². The Labute approximate surface area is 127 Å². The zero-order chi connectivity index (χ0) is 13.4. The summed E-state index contributed by atoms with van der Waals surface area (Å²) < 4.78 is 12.0. The SMILES string of the molecule is COCCOCCCNC(=O)c1cc(Br)c(Br)s1. The number of carbonyl (C=O) groups is 1. The van der Waals surface area contributed by atoms with E-state index < -0.39 is 0 Å². The summed E-state index contributed by atoms with van der Waals surface area (Å²) in [5, 5.41) is 2.85. The standard InChI is InChI=1S/C11H15Br2NO3S/c1-16-5-6-17-4-2-3-14-11(15)9-7-8(12)10(13)18-9/h7H,2-6H2,1H3,(H,14,15). The van der Waals surface area contributed by atoms with Crippen LogP contribution in [0.5, 0.6) is 0 Å². The van der Waals surface area contributed by atoms with E-state index in [2.05, 4.69) is 37.2 Å². The fraction of sp³-hybridized carbons (Fsp3) is 0.545. The van der Waals surface area contributed by atoms with E-state index >= 15 is 0 Å². The van der Waals surface area contributed by atoms with Crippen LogP contribution in [0.25, 0.3) is 0 Å². The maximum atomic E-state index is 11.7. The van der Waals surface area contributed by atoms with Crippen molar-refractivity contribution in [3.05, 3.63) is 19.2 Å². The minimum absolute atomic E-state index is 0.0525. The second-order valence-corrected chi connectivity index (χ2v) is 6.67. The molecule has 4 nitrogen and oxygen atoms in total. The Kier molecular flexibility index (Phi) is 8.08. The fourth-order valence-electron chi connectivity index (χ4n) is 1.17. The molecular formula is C11H15Br2NO3S. The Morgan fingerprint density at radius 2 is 2.17 bits per heavy atom. The molecule has 0 saturated heterocycles. The summed E-state index contributed by atoms with van der Waals surface area (Å²) in [4.78, 5) is 12.4. The first-order valence-corrected chi connectivity index (χ1v) is 7.85. The second-order valence-electron chi connectivity index (χ2n) is 3.45. The van der Waals surface area contributed by atoms with E-state index in [4.69, 9.17) is 9.47 Å². The van der Waals surface area contributed by atoms with Gasteiger partial charge in [-0.2, -0.15) is 0 Å². The molecule has 0 saturated carbocycles. The van der Waals surface area contributed by atoms with Gasteiger partial charge in [-0.25, -0.2) is 0 Å². The van der Waals surface area contributed by atoms with Gasteiger partial charge in [0.15, 0.2) is 0 Å². The van der Waals surface area contributed by atoms with Gasteiger partial charge in [0.1, 0.15) is 0 Å². The number of methoxy groups -OCH3 is 1. The first-order valence-electron chi connectivity index (χ1n) is 5.45. The molecular weight excluding hydrogens is 386 g/mol. The van der Waals surface area contributed by atoms with Crippen LogP contribution < -0.4 is 5.32 Å². The van der Waals surface area contributed by atoms with Crippen molar-refractivity contribution in [3.8, 4) is 0 Å². The predicted octanol–water partition coefficient (Wildman–Crippen LogP) is 3.06. The highest BCUT2D eigenvalue weighted by Gasteiger charge is 2.10. The Bertz CT molecular complexity index is 365. The van der Waals surface area contributed by atoms with Gasteiger partial charge >= 0.3 is 0 Å². The molecule has 102 valence electrons. The van der Waals surface area contributed by atoms with Crippen molar-refractivity contribution in [3.63, 3.8) is 0 Å². The number of nitrogens with one attached hydrogen (secondary N) is 1. The van der Waals surface area contributed by atoms with Gasteiger partial charge in [-0.3, -0.25) is 4.79 Å². The van der Waals surface area contributed by atoms with Crippen molar-refractivity contribution in [1.29, 1.82) is 0 Å². The topological polar surface area (TPSA) is 47.6 Å². The maximum absolute atomic E-state index is 11.7. The third-order valence-corrected chi connectivity index (χ3v) is 5.31. The maximum Gasteiger partial charge on any atom is 0.261 e. The van der Waals surface area contributed by atoms with Gasteiger partial charge in [0.05, 0.1) is 21.9 Å². The highest BCUT2D eigenvalue weighted by Crippen LogP contribution is 2.32. The highest BCUT2D eigenvalue weighted by molar-refractivity contribution is 9.13. The lowest BCUT2D eigenvalue weighted by Gasteiger charge is -2.04. The molecule has 1 heterocycles. The van der Waals surface area contributed by atoms with Crippen LogP contribution in [0.3, 0.4) is 0 Å². The Balaban J connectivity index is 2.14. The normalized spacial score (nSPS) is 10.6. The third kappa shape index (κ3) is 5.79. The monoisotopic (exact) mass is 399 g/mol. The molecule has 0 aliphatic carbocycles. The molecule has 0 fully saturated rings. The number of thiophene rings is 1. The van der Waals surface area contributed by atoms with Crippen LogP contribution in [0.1, 0.15) is 16.1 Å². The lowest BCUT2D eigenvalue weighted by Crippen LogP contribution is -2.24. The number of rotatable bonds is 8. The van der Waals surface area contributed by atoms with E-state index in [1.54, 1.807) is 13.2 Å². The van der Waals surface area contributed by atoms with Gasteiger partial charge in [0.25, 0.3) is 5.91 Å². The van der Waals surface area contributed by atoms with E-state index in [0.29, 0.717) is 31.2 Å². The van der Waals surface area contributed by atoms with Crippen molar-refractivity contribution in [2.45, 2.75) is 6.42 Å². The molecule has 1 amide bonds. The molecule has 0 spiro atoms. The quantitative estimate of drug-likeness (QED) is 0.682. The average Bonchev–Trinajstić information content (AvgIpc) is 2.68. The third-order valence-electron chi connectivity index (χ3n) is 2.05. The van der Waals surface area contributed by atoms with Gasteiger partial charge in [-0.15, -0.1) is 11.3 Å². The zero-order valence-electron chi connectivity index (χ0n) is 10.0. The molecule has 1 aromatic heterocycles. The van der Waals surface area contributed by atoms with Crippen molar-refractivity contribution < 1.29 is 14.3 Å². The summed E-state index contributed by atoms with van der Waals surface area (Å²) in [6, 6.07) is 1.80. The molecule has 1 rings (SSSR count). The molecule has 0 bridgehead atoms. The molecule has 0 aliphatic heterocycles. The number of hydrogen-bond acceptors (Lipinski definition) is 4. The minimum Gasteiger partial charge on any atom is -0.382 e. The minimum atomic E-state index is -0.0525. The van der Waals surface area contributed by atoms with Gasteiger partial charge in [0, 0.05) is 24.7 Å². The zero-order valence-corrected chi connectivity index (χ0v) is 14.0. The highest BCUT2D eigenvalue weighted by atomic mass is 79.9. The smallest absolute Gasteiger partial charge is 0.261 e. The van der Waals surface area contributed by atoms with Gasteiger partial charge < -0.3 is 14.8 Å². The molecule has 0 unspecified atom stereocenters. The van der Waals surface area contributed by atoms with Crippen LogP contribution in [-0.2, 0) is 9.47 Å². The van der Waals surface area contributed by atoms with Crippen LogP contribution in [0, 0.1) is 0 Å². The van der Waals surface area contributed by atoms with Crippen molar-refractivity contribution in [2.75, 3.05) is 33.5 Å². The lowest BCUT2D eigenvalue weighted by molar-refractivity contribution is 0.0688. The van der Waals surface area contributed by atoms with E-state index in [0.717, 1.165) is 14.7 Å². The number of amides is 1. The number of hydrogen-bond donors (Lipinski definition) is 1. The molecule has 0 aromatic carbocycles. The molecule has 0 atom stereocenters. The number of carbonyl (C=O) groups excluding carboxylic acids is 1. The van der Waals surface area contributed by atoms with E-state index in [9.17, 15) is 4.79 Å². The van der Waals surface area contributed by atoms with Crippen molar-refractivity contribution >= 4 is 49.1 Å². The summed E-state index contributed by atoms with van der Waals surface area (Å²) in [6.45, 7) is 2.43. The Hall–Kier alpha value is 0.0500. The molecule has 0 aliphatic rings. The molecule has 1 aromatic rings. The Morgan fingerprint density at radius 3 is 2.78 bits per heavy atom. The Morgan fingerprint density at radius 1 is 1.39 bits per heavy atom. The van der Waals surface area contributed by atoms with Gasteiger partial charge in [-0.1, -0.05) is 0 Å². The average molecular weight is 401 g/mol. The molecule has 18 heavy (non-hydrogen) atoms. The van der Waals surface area contributed by atoms with Crippen LogP contribution >= 0.6 is 43.2 Å². The van der Waals surface area contributed by atoms with Crippen LogP contribution in [0.15, 0.2) is 14.3 Å². The number of ether oxygens (including phenoxy) is 2. The van der Waals surface area contributed by atoms with Crippen molar-refractivity contribution in [1.82, 2.24) is 5.32 Å². The summed E-state index contributed by atoms with van der Waals surface area (Å²) in [6.07, 6.45) is 0.795. The van der Waals surface area contributed by atoms with E-state index in [1.165, 1.54) is 11.3 Å². The first kappa shape index (κ1) is 16.1. The van der Waals surface area contributed by atoms with E-state index in [-0.39, 0.29) is 5.91 Å². The van der Waals surface area contributed by atoms with E-state index in [1.807, 2.05) is 0 Å². The van der Waals surface area contributed by atoms with Crippen LogP contribution in [-0.4, -0.2) is 39.4 Å². The summed E-state index contributed by atoms with van der Waals surface area (Å²) >= 11 is 8.12. The summed E-state index contributed by atoms with van der Waals surface area (Å²) in [5.74, 6) is -0.0525. The molecule has 1 N–H and O–H groups in total. The largest absolute Gasteiger partial charge is 0.382 e. The molecule has 0 radical (unpaired) electrons. The van der Waals surface area contributed by atoms with Crippen LogP contribution in [0.4, 0.5) is 0 Å². The summed E-state index contributed by atoms with van der Waals surface area (Å²) in [5.41, 5.74) is 0. The lowest BCUT2D eigenvalue weighted by atomic mass is 10.4.